The zero-order chi connectivity index (χ0) is 18.8. The van der Waals surface area contributed by atoms with E-state index in [1.54, 1.807) is 18.3 Å². The van der Waals surface area contributed by atoms with Crippen LogP contribution >= 0.6 is 0 Å². The topological polar surface area (TPSA) is 45.2 Å². The van der Waals surface area contributed by atoms with Gasteiger partial charge in [0.1, 0.15) is 5.82 Å². The quantitative estimate of drug-likeness (QED) is 0.711. The highest BCUT2D eigenvalue weighted by Gasteiger charge is 2.21. The van der Waals surface area contributed by atoms with Crippen LogP contribution in [0.5, 0.6) is 0 Å². The first kappa shape index (κ1) is 17.4. The van der Waals surface area contributed by atoms with Crippen molar-refractivity contribution in [1.29, 1.82) is 0 Å². The molecular formula is C21H22FN5. The second kappa shape index (κ2) is 7.31. The Balaban J connectivity index is 1.49. The zero-order valence-electron chi connectivity index (χ0n) is 15.6. The molecule has 0 amide bonds. The molecule has 0 bridgehead atoms. The average Bonchev–Trinajstić information content (AvgIpc) is 2.71. The minimum atomic E-state index is -0.261. The summed E-state index contributed by atoms with van der Waals surface area (Å²) in [6.45, 7) is 7.82. The predicted molar refractivity (Wildman–Crippen MR) is 106 cm³/mol. The third kappa shape index (κ3) is 3.60. The van der Waals surface area contributed by atoms with E-state index in [-0.39, 0.29) is 5.82 Å². The van der Waals surface area contributed by atoms with Crippen molar-refractivity contribution in [2.45, 2.75) is 13.8 Å². The first-order valence-electron chi connectivity index (χ1n) is 9.13. The van der Waals surface area contributed by atoms with E-state index in [1.807, 2.05) is 0 Å². The molecule has 2 aromatic carbocycles. The van der Waals surface area contributed by atoms with Gasteiger partial charge < -0.3 is 9.80 Å². The second-order valence-electron chi connectivity index (χ2n) is 6.84. The molecule has 1 aromatic heterocycles. The Morgan fingerprint density at radius 3 is 2.33 bits per heavy atom. The fourth-order valence-electron chi connectivity index (χ4n) is 3.41. The first-order valence-corrected chi connectivity index (χ1v) is 9.13. The van der Waals surface area contributed by atoms with Gasteiger partial charge in [-0.1, -0.05) is 12.1 Å². The summed E-state index contributed by atoms with van der Waals surface area (Å²) in [6, 6.07) is 12.7. The summed E-state index contributed by atoms with van der Waals surface area (Å²) in [5.74, 6) is 0.362. The van der Waals surface area contributed by atoms with Gasteiger partial charge in [-0.2, -0.15) is 5.10 Å². The van der Waals surface area contributed by atoms with Gasteiger partial charge in [0.05, 0.1) is 11.9 Å². The van der Waals surface area contributed by atoms with Crippen LogP contribution in [0.1, 0.15) is 11.1 Å². The van der Waals surface area contributed by atoms with Gasteiger partial charge in [0.15, 0.2) is 0 Å². The summed E-state index contributed by atoms with van der Waals surface area (Å²) in [4.78, 5) is 9.20. The van der Waals surface area contributed by atoms with Crippen LogP contribution in [0.4, 0.5) is 16.0 Å². The molecule has 4 rings (SSSR count). The summed E-state index contributed by atoms with van der Waals surface area (Å²) >= 11 is 0. The first-order chi connectivity index (χ1) is 13.1. The maximum absolute atomic E-state index is 13.1. The van der Waals surface area contributed by atoms with E-state index in [0.717, 1.165) is 31.7 Å². The van der Waals surface area contributed by atoms with Gasteiger partial charge in [-0.15, -0.1) is 5.10 Å². The van der Waals surface area contributed by atoms with Gasteiger partial charge in [0.2, 0.25) is 5.95 Å². The lowest BCUT2D eigenvalue weighted by atomic mass is 10.1. The SMILES string of the molecule is Cc1cccc(N2CCN(c3nncc(-c4ccc(F)cc4)n3)CC2)c1C. The Morgan fingerprint density at radius 2 is 1.59 bits per heavy atom. The molecule has 3 aromatic rings. The van der Waals surface area contributed by atoms with Crippen molar-refractivity contribution in [3.05, 3.63) is 65.6 Å². The Morgan fingerprint density at radius 1 is 0.889 bits per heavy atom. The molecule has 27 heavy (non-hydrogen) atoms. The molecule has 1 fully saturated rings. The van der Waals surface area contributed by atoms with Crippen LogP contribution in [0.15, 0.2) is 48.7 Å². The standard InChI is InChI=1S/C21H22FN5/c1-15-4-3-5-20(16(15)2)26-10-12-27(13-11-26)21-24-19(14-23-25-21)17-6-8-18(22)9-7-17/h3-9,14H,10-13H2,1-2H3. The number of aromatic nitrogens is 3. The van der Waals surface area contributed by atoms with Crippen LogP contribution in [-0.4, -0.2) is 41.4 Å². The van der Waals surface area contributed by atoms with E-state index in [4.69, 9.17) is 0 Å². The maximum atomic E-state index is 13.1. The number of anilines is 2. The maximum Gasteiger partial charge on any atom is 0.246 e. The molecule has 2 heterocycles. The minimum absolute atomic E-state index is 0.261. The Kier molecular flexibility index (Phi) is 4.71. The number of nitrogens with zero attached hydrogens (tertiary/aromatic N) is 5. The molecule has 0 atom stereocenters. The molecule has 0 saturated carbocycles. The Hall–Kier alpha value is -3.02. The molecule has 6 heteroatoms. The van der Waals surface area contributed by atoms with E-state index in [1.165, 1.54) is 28.9 Å². The predicted octanol–water partition coefficient (Wildman–Crippen LogP) is 3.62. The third-order valence-corrected chi connectivity index (χ3v) is 5.17. The van der Waals surface area contributed by atoms with Crippen molar-refractivity contribution in [2.75, 3.05) is 36.0 Å². The fourth-order valence-corrected chi connectivity index (χ4v) is 3.41. The van der Waals surface area contributed by atoms with Crippen molar-refractivity contribution < 1.29 is 4.39 Å². The van der Waals surface area contributed by atoms with Gasteiger partial charge in [0, 0.05) is 37.4 Å². The molecule has 1 aliphatic rings. The zero-order valence-corrected chi connectivity index (χ0v) is 15.6. The van der Waals surface area contributed by atoms with Gasteiger partial charge in [0.25, 0.3) is 0 Å². The number of hydrogen-bond donors (Lipinski definition) is 0. The highest BCUT2D eigenvalue weighted by molar-refractivity contribution is 5.60. The number of aryl methyl sites for hydroxylation is 1. The van der Waals surface area contributed by atoms with E-state index >= 15 is 0 Å². The highest BCUT2D eigenvalue weighted by atomic mass is 19.1. The van der Waals surface area contributed by atoms with Crippen molar-refractivity contribution in [1.82, 2.24) is 15.2 Å². The molecule has 1 aliphatic heterocycles. The third-order valence-electron chi connectivity index (χ3n) is 5.17. The summed E-state index contributed by atoms with van der Waals surface area (Å²) in [7, 11) is 0. The second-order valence-corrected chi connectivity index (χ2v) is 6.84. The van der Waals surface area contributed by atoms with Crippen LogP contribution in [0, 0.1) is 19.7 Å². The lowest BCUT2D eigenvalue weighted by molar-refractivity contribution is 0.628. The van der Waals surface area contributed by atoms with Crippen molar-refractivity contribution in [3.63, 3.8) is 0 Å². The summed E-state index contributed by atoms with van der Waals surface area (Å²) in [5, 5.41) is 8.31. The largest absolute Gasteiger partial charge is 0.368 e. The van der Waals surface area contributed by atoms with E-state index in [9.17, 15) is 4.39 Å². The Bertz CT molecular complexity index is 934. The minimum Gasteiger partial charge on any atom is -0.368 e. The molecule has 0 spiro atoms. The van der Waals surface area contributed by atoms with E-state index in [0.29, 0.717) is 11.6 Å². The monoisotopic (exact) mass is 363 g/mol. The van der Waals surface area contributed by atoms with Gasteiger partial charge in [-0.05, 0) is 55.3 Å². The molecular weight excluding hydrogens is 341 g/mol. The molecule has 1 saturated heterocycles. The van der Waals surface area contributed by atoms with Crippen molar-refractivity contribution in [3.8, 4) is 11.3 Å². The number of hydrogen-bond acceptors (Lipinski definition) is 5. The van der Waals surface area contributed by atoms with Gasteiger partial charge in [-0.25, -0.2) is 9.37 Å². The van der Waals surface area contributed by atoms with E-state index in [2.05, 4.69) is 57.0 Å². The van der Waals surface area contributed by atoms with Crippen molar-refractivity contribution >= 4 is 11.6 Å². The summed E-state index contributed by atoms with van der Waals surface area (Å²) in [6.07, 6.45) is 1.61. The van der Waals surface area contributed by atoms with Gasteiger partial charge >= 0.3 is 0 Å². The summed E-state index contributed by atoms with van der Waals surface area (Å²) in [5.41, 5.74) is 5.49. The van der Waals surface area contributed by atoms with E-state index < -0.39 is 0 Å². The Labute approximate surface area is 158 Å². The smallest absolute Gasteiger partial charge is 0.246 e. The lowest BCUT2D eigenvalue weighted by Crippen LogP contribution is -2.47. The van der Waals surface area contributed by atoms with Crippen LogP contribution in [0.25, 0.3) is 11.3 Å². The number of piperazine rings is 1. The van der Waals surface area contributed by atoms with Crippen molar-refractivity contribution in [2.24, 2.45) is 0 Å². The number of halogens is 1. The highest BCUT2D eigenvalue weighted by Crippen LogP contribution is 2.25. The molecule has 0 radical (unpaired) electrons. The summed E-state index contributed by atoms with van der Waals surface area (Å²) < 4.78 is 13.1. The number of benzene rings is 2. The molecule has 0 aliphatic carbocycles. The number of rotatable bonds is 3. The molecule has 0 unspecified atom stereocenters. The molecule has 5 nitrogen and oxygen atoms in total. The molecule has 0 N–H and O–H groups in total. The fraction of sp³-hybridized carbons (Fsp3) is 0.286. The van der Waals surface area contributed by atoms with Crippen LogP contribution in [-0.2, 0) is 0 Å². The normalized spacial score (nSPS) is 14.5. The lowest BCUT2D eigenvalue weighted by Gasteiger charge is -2.36. The van der Waals surface area contributed by atoms with Crippen LogP contribution < -0.4 is 9.80 Å². The van der Waals surface area contributed by atoms with Crippen LogP contribution in [0.3, 0.4) is 0 Å². The molecule has 138 valence electrons. The van der Waals surface area contributed by atoms with Crippen LogP contribution in [0.2, 0.25) is 0 Å². The average molecular weight is 363 g/mol. The van der Waals surface area contributed by atoms with Gasteiger partial charge in [-0.3, -0.25) is 0 Å².